The molecule has 0 fully saturated rings. The molecule has 0 unspecified atom stereocenters. The number of allylic oxidation sites excluding steroid dienone is 2. The Balaban J connectivity index is 2.23. The second-order valence-corrected chi connectivity index (χ2v) is 2.37. The quantitative estimate of drug-likeness (QED) is 0.478. The summed E-state index contributed by atoms with van der Waals surface area (Å²) >= 11 is 0. The van der Waals surface area contributed by atoms with Gasteiger partial charge in [0, 0.05) is 0 Å². The van der Waals surface area contributed by atoms with Gasteiger partial charge in [-0.1, -0.05) is 18.6 Å². The van der Waals surface area contributed by atoms with Gasteiger partial charge in [-0.3, -0.25) is 0 Å². The fourth-order valence-electron chi connectivity index (χ4n) is 1.18. The number of rotatable bonds is 2. The molecule has 0 aromatic rings. The molecule has 45 valence electrons. The molecule has 0 heteroatoms. The highest BCUT2D eigenvalue weighted by molar-refractivity contribution is 5.09. The molecule has 0 N–H and O–H groups in total. The van der Waals surface area contributed by atoms with Crippen LogP contribution in [0.3, 0.4) is 0 Å². The lowest BCUT2D eigenvalue weighted by Gasteiger charge is -1.93. The summed E-state index contributed by atoms with van der Waals surface area (Å²) in [6.45, 7) is 2.12. The van der Waals surface area contributed by atoms with Crippen molar-refractivity contribution < 1.29 is 0 Å². The van der Waals surface area contributed by atoms with E-state index in [2.05, 4.69) is 19.4 Å². The summed E-state index contributed by atoms with van der Waals surface area (Å²) in [4.78, 5) is 0. The first kappa shape index (κ1) is 5.87. The zero-order valence-electron chi connectivity index (χ0n) is 5.48. The van der Waals surface area contributed by atoms with Crippen LogP contribution in [-0.2, 0) is 0 Å². The lowest BCUT2D eigenvalue weighted by atomic mass is 10.1. The Morgan fingerprint density at radius 1 is 1.75 bits per heavy atom. The van der Waals surface area contributed by atoms with Crippen LogP contribution in [-0.4, -0.2) is 0 Å². The molecule has 0 nitrogen and oxygen atoms in total. The summed E-state index contributed by atoms with van der Waals surface area (Å²) < 4.78 is 0. The van der Waals surface area contributed by atoms with Gasteiger partial charge in [-0.25, -0.2) is 0 Å². The van der Waals surface area contributed by atoms with Crippen molar-refractivity contribution in [1.29, 1.82) is 0 Å². The fraction of sp³-hybridized carbons (Fsp3) is 0.625. The average Bonchev–Trinajstić information content (AvgIpc) is 2.19. The fourth-order valence-corrected chi connectivity index (χ4v) is 1.18. The van der Waals surface area contributed by atoms with E-state index in [1.807, 2.05) is 0 Å². The highest BCUT2D eigenvalue weighted by atomic mass is 14.1. The minimum atomic E-state index is 1.22. The van der Waals surface area contributed by atoms with Gasteiger partial charge >= 0.3 is 0 Å². The first-order chi connectivity index (χ1) is 3.93. The molecule has 0 saturated carbocycles. The van der Waals surface area contributed by atoms with E-state index in [9.17, 15) is 0 Å². The van der Waals surface area contributed by atoms with E-state index in [4.69, 9.17) is 0 Å². The first-order valence-corrected chi connectivity index (χ1v) is 3.39. The van der Waals surface area contributed by atoms with Crippen LogP contribution in [0.5, 0.6) is 0 Å². The summed E-state index contributed by atoms with van der Waals surface area (Å²) in [6, 6.07) is 0. The molecule has 1 radical (unpaired) electrons. The molecule has 0 aromatic carbocycles. The molecular weight excluding hydrogens is 96.1 g/mol. The lowest BCUT2D eigenvalue weighted by Crippen LogP contribution is -1.74. The minimum absolute atomic E-state index is 1.22. The van der Waals surface area contributed by atoms with Crippen molar-refractivity contribution in [3.05, 3.63) is 18.1 Å². The van der Waals surface area contributed by atoms with Crippen molar-refractivity contribution in [2.75, 3.05) is 0 Å². The Morgan fingerprint density at radius 3 is 3.12 bits per heavy atom. The van der Waals surface area contributed by atoms with E-state index < -0.39 is 0 Å². The van der Waals surface area contributed by atoms with E-state index >= 15 is 0 Å². The van der Waals surface area contributed by atoms with Gasteiger partial charge in [-0.05, 0) is 32.1 Å². The second kappa shape index (κ2) is 2.91. The maximum atomic E-state index is 2.38. The van der Waals surface area contributed by atoms with E-state index in [-0.39, 0.29) is 0 Å². The van der Waals surface area contributed by atoms with E-state index in [1.54, 1.807) is 5.57 Å². The van der Waals surface area contributed by atoms with Crippen LogP contribution in [0.4, 0.5) is 0 Å². The van der Waals surface area contributed by atoms with Crippen LogP contribution in [0.2, 0.25) is 0 Å². The molecule has 1 rings (SSSR count). The third-order valence-corrected chi connectivity index (χ3v) is 1.60. The Hall–Kier alpha value is -0.260. The van der Waals surface area contributed by atoms with E-state index in [0.717, 1.165) is 0 Å². The highest BCUT2D eigenvalue weighted by Gasteiger charge is 2.01. The molecule has 0 aliphatic heterocycles. The van der Waals surface area contributed by atoms with Gasteiger partial charge < -0.3 is 0 Å². The molecular formula is C8H13. The van der Waals surface area contributed by atoms with Crippen LogP contribution in [0, 0.1) is 6.42 Å². The highest BCUT2D eigenvalue weighted by Crippen LogP contribution is 2.20. The topological polar surface area (TPSA) is 0 Å². The first-order valence-electron chi connectivity index (χ1n) is 3.39. The maximum absolute atomic E-state index is 2.38. The molecule has 1 aliphatic carbocycles. The molecule has 0 atom stereocenters. The van der Waals surface area contributed by atoms with Crippen molar-refractivity contribution in [3.8, 4) is 0 Å². The lowest BCUT2D eigenvalue weighted by molar-refractivity contribution is 0.883. The molecule has 1 aliphatic rings. The molecule has 0 saturated heterocycles. The molecule has 0 bridgehead atoms. The van der Waals surface area contributed by atoms with Gasteiger partial charge in [0.1, 0.15) is 0 Å². The Labute approximate surface area is 51.6 Å². The van der Waals surface area contributed by atoms with Crippen LogP contribution in [0.25, 0.3) is 0 Å². The van der Waals surface area contributed by atoms with Crippen LogP contribution < -0.4 is 0 Å². The minimum Gasteiger partial charge on any atom is -0.0853 e. The van der Waals surface area contributed by atoms with Crippen molar-refractivity contribution in [1.82, 2.24) is 0 Å². The van der Waals surface area contributed by atoms with E-state index in [0.29, 0.717) is 0 Å². The van der Waals surface area contributed by atoms with Gasteiger partial charge in [-0.2, -0.15) is 0 Å². The van der Waals surface area contributed by atoms with Crippen LogP contribution >= 0.6 is 0 Å². The molecule has 8 heavy (non-hydrogen) atoms. The largest absolute Gasteiger partial charge is 0.0853 e. The summed E-state index contributed by atoms with van der Waals surface area (Å²) in [5.74, 6) is 0. The van der Waals surface area contributed by atoms with Crippen LogP contribution in [0.15, 0.2) is 11.6 Å². The monoisotopic (exact) mass is 109 g/mol. The molecule has 0 aromatic heterocycles. The third kappa shape index (κ3) is 1.36. The number of hydrogen-bond donors (Lipinski definition) is 0. The summed E-state index contributed by atoms with van der Waals surface area (Å²) in [7, 11) is 0. The zero-order chi connectivity index (χ0) is 5.82. The normalized spacial score (nSPS) is 18.9. The zero-order valence-corrected chi connectivity index (χ0v) is 5.48. The van der Waals surface area contributed by atoms with Crippen molar-refractivity contribution >= 4 is 0 Å². The predicted molar refractivity (Wildman–Crippen MR) is 36.5 cm³/mol. The maximum Gasteiger partial charge on any atom is -0.0292 e. The van der Waals surface area contributed by atoms with Gasteiger partial charge in [0.15, 0.2) is 0 Å². The van der Waals surface area contributed by atoms with Gasteiger partial charge in [0.2, 0.25) is 0 Å². The Bertz CT molecular complexity index is 90.2. The van der Waals surface area contributed by atoms with Crippen molar-refractivity contribution in [3.63, 3.8) is 0 Å². The van der Waals surface area contributed by atoms with Crippen molar-refractivity contribution in [2.45, 2.75) is 32.6 Å². The summed E-state index contributed by atoms with van der Waals surface area (Å²) in [6.07, 6.45) is 9.90. The van der Waals surface area contributed by atoms with Gasteiger partial charge in [-0.15, -0.1) is 0 Å². The van der Waals surface area contributed by atoms with Crippen LogP contribution in [0.1, 0.15) is 32.6 Å². The Kier molecular flexibility index (Phi) is 2.13. The SMILES string of the molecule is C[CH]CC1=CCCC1. The summed E-state index contributed by atoms with van der Waals surface area (Å²) in [5, 5.41) is 0. The molecule has 0 spiro atoms. The van der Waals surface area contributed by atoms with Crippen molar-refractivity contribution in [2.24, 2.45) is 0 Å². The molecule has 0 heterocycles. The van der Waals surface area contributed by atoms with Gasteiger partial charge in [0.05, 0.1) is 0 Å². The molecule has 0 amide bonds. The average molecular weight is 109 g/mol. The Morgan fingerprint density at radius 2 is 2.62 bits per heavy atom. The standard InChI is InChI=1S/C8H13/c1-2-5-8-6-3-4-7-8/h2,6H,3-5,7H2,1H3. The second-order valence-electron chi connectivity index (χ2n) is 2.37. The predicted octanol–water partition coefficient (Wildman–Crippen LogP) is 2.71. The van der Waals surface area contributed by atoms with Gasteiger partial charge in [0.25, 0.3) is 0 Å². The summed E-state index contributed by atoms with van der Waals surface area (Å²) in [5.41, 5.74) is 1.65. The third-order valence-electron chi connectivity index (χ3n) is 1.60. The smallest absolute Gasteiger partial charge is 0.0292 e. The van der Waals surface area contributed by atoms with E-state index in [1.165, 1.54) is 25.7 Å². The number of hydrogen-bond acceptors (Lipinski definition) is 0.